The maximum absolute atomic E-state index is 14.4. The first kappa shape index (κ1) is 24.7. The molecular weight excluding hydrogens is 471 g/mol. The molecule has 9 heteroatoms. The summed E-state index contributed by atoms with van der Waals surface area (Å²) in [6.07, 6.45) is 2.47. The summed E-state index contributed by atoms with van der Waals surface area (Å²) < 4.78 is 19.6. The number of aryl methyl sites for hydroxylation is 2. The molecule has 35 heavy (non-hydrogen) atoms. The molecule has 3 aromatic rings. The number of benzene rings is 2. The summed E-state index contributed by atoms with van der Waals surface area (Å²) in [6, 6.07) is 12.0. The number of urea groups is 1. The Morgan fingerprint density at radius 3 is 2.54 bits per heavy atom. The van der Waals surface area contributed by atoms with Crippen molar-refractivity contribution >= 4 is 29.2 Å². The molecule has 2 aromatic carbocycles. The highest BCUT2D eigenvalue weighted by molar-refractivity contribution is 6.33. The lowest BCUT2D eigenvalue weighted by Crippen LogP contribution is -2.43. The van der Waals surface area contributed by atoms with Gasteiger partial charge in [0, 0.05) is 25.3 Å². The van der Waals surface area contributed by atoms with Gasteiger partial charge in [-0.2, -0.15) is 0 Å². The van der Waals surface area contributed by atoms with Crippen LogP contribution in [0.3, 0.4) is 0 Å². The van der Waals surface area contributed by atoms with Crippen molar-refractivity contribution in [3.63, 3.8) is 0 Å². The third-order valence-corrected chi connectivity index (χ3v) is 6.67. The van der Waals surface area contributed by atoms with Gasteiger partial charge in [-0.3, -0.25) is 4.79 Å². The first-order valence-corrected chi connectivity index (χ1v) is 12.1. The fourth-order valence-electron chi connectivity index (χ4n) is 4.23. The third-order valence-electron chi connectivity index (χ3n) is 6.36. The molecule has 0 aliphatic carbocycles. The highest BCUT2D eigenvalue weighted by Crippen LogP contribution is 2.33. The second kappa shape index (κ2) is 10.9. The Morgan fingerprint density at radius 1 is 1.17 bits per heavy atom. The zero-order valence-corrected chi connectivity index (χ0v) is 20.5. The quantitative estimate of drug-likeness (QED) is 0.457. The zero-order chi connectivity index (χ0) is 24.9. The Hall–Kier alpha value is -3.39. The SMILES string of the molecule is CCc1ccc(NC(=O)N2CCC(CNC(=O)c3c(-c4c(F)cccc4Cl)noc3C)CC2)cc1. The number of likely N-dealkylation sites (tertiary alicyclic amines) is 1. The lowest BCUT2D eigenvalue weighted by Gasteiger charge is -2.32. The molecule has 0 radical (unpaired) electrons. The Kier molecular flexibility index (Phi) is 7.70. The normalized spacial score (nSPS) is 14.1. The van der Waals surface area contributed by atoms with Crippen molar-refractivity contribution in [2.24, 2.45) is 5.92 Å². The van der Waals surface area contributed by atoms with Crippen LogP contribution in [0.1, 0.15) is 41.4 Å². The number of carbonyl (C=O) groups is 2. The molecule has 184 valence electrons. The summed E-state index contributed by atoms with van der Waals surface area (Å²) >= 11 is 6.16. The van der Waals surface area contributed by atoms with Gasteiger partial charge in [-0.1, -0.05) is 41.9 Å². The number of halogens is 2. The molecular formula is C26H28ClFN4O3. The van der Waals surface area contributed by atoms with Gasteiger partial charge >= 0.3 is 6.03 Å². The number of nitrogens with zero attached hydrogens (tertiary/aromatic N) is 2. The van der Waals surface area contributed by atoms with Crippen LogP contribution in [0.2, 0.25) is 5.02 Å². The highest BCUT2D eigenvalue weighted by Gasteiger charge is 2.27. The van der Waals surface area contributed by atoms with Crippen LogP contribution in [0.25, 0.3) is 11.3 Å². The van der Waals surface area contributed by atoms with E-state index in [1.54, 1.807) is 11.8 Å². The molecule has 1 aromatic heterocycles. The molecule has 1 fully saturated rings. The van der Waals surface area contributed by atoms with Gasteiger partial charge in [0.05, 0.1) is 10.6 Å². The van der Waals surface area contributed by atoms with E-state index in [2.05, 4.69) is 22.7 Å². The van der Waals surface area contributed by atoms with Gasteiger partial charge in [0.15, 0.2) is 0 Å². The van der Waals surface area contributed by atoms with E-state index in [4.69, 9.17) is 16.1 Å². The number of rotatable bonds is 6. The number of amides is 3. The van der Waals surface area contributed by atoms with Crippen molar-refractivity contribution < 1.29 is 18.5 Å². The van der Waals surface area contributed by atoms with Gasteiger partial charge in [-0.15, -0.1) is 0 Å². The second-order valence-corrected chi connectivity index (χ2v) is 9.09. The molecule has 2 heterocycles. The number of anilines is 1. The van der Waals surface area contributed by atoms with Crippen LogP contribution in [0, 0.1) is 18.7 Å². The van der Waals surface area contributed by atoms with Crippen LogP contribution < -0.4 is 10.6 Å². The molecule has 0 saturated carbocycles. The lowest BCUT2D eigenvalue weighted by atomic mass is 9.96. The van der Waals surface area contributed by atoms with E-state index in [1.807, 2.05) is 24.3 Å². The molecule has 2 N–H and O–H groups in total. The van der Waals surface area contributed by atoms with Crippen LogP contribution >= 0.6 is 11.6 Å². The first-order chi connectivity index (χ1) is 16.9. The van der Waals surface area contributed by atoms with Crippen LogP contribution in [-0.2, 0) is 6.42 Å². The number of nitrogens with one attached hydrogen (secondary N) is 2. The first-order valence-electron chi connectivity index (χ1n) is 11.7. The summed E-state index contributed by atoms with van der Waals surface area (Å²) in [5.41, 5.74) is 2.29. The minimum Gasteiger partial charge on any atom is -0.360 e. The van der Waals surface area contributed by atoms with Crippen LogP contribution in [0.15, 0.2) is 47.0 Å². The standard InChI is InChI=1S/C26H28ClFN4O3/c1-3-17-7-9-19(10-8-17)30-26(34)32-13-11-18(12-14-32)15-29-25(33)22-16(2)35-31-24(22)23-20(27)5-4-6-21(23)28/h4-10,18H,3,11-15H2,1-2H3,(H,29,33)(H,30,34). The van der Waals surface area contributed by atoms with Gasteiger partial charge in [0.25, 0.3) is 5.91 Å². The van der Waals surface area contributed by atoms with Gasteiger partial charge in [-0.05, 0) is 61.9 Å². The highest BCUT2D eigenvalue weighted by atomic mass is 35.5. The van der Waals surface area contributed by atoms with Crippen molar-refractivity contribution in [3.05, 3.63) is 70.2 Å². The topological polar surface area (TPSA) is 87.5 Å². The van der Waals surface area contributed by atoms with Crippen molar-refractivity contribution in [1.82, 2.24) is 15.4 Å². The van der Waals surface area contributed by atoms with Crippen LogP contribution in [0.5, 0.6) is 0 Å². The van der Waals surface area contributed by atoms with Crippen molar-refractivity contribution in [2.75, 3.05) is 25.0 Å². The van der Waals surface area contributed by atoms with E-state index in [9.17, 15) is 14.0 Å². The van der Waals surface area contributed by atoms with E-state index in [0.717, 1.165) is 24.9 Å². The van der Waals surface area contributed by atoms with Crippen molar-refractivity contribution in [1.29, 1.82) is 0 Å². The summed E-state index contributed by atoms with van der Waals surface area (Å²) in [7, 11) is 0. The summed E-state index contributed by atoms with van der Waals surface area (Å²) in [5, 5.41) is 9.90. The number of hydrogen-bond acceptors (Lipinski definition) is 4. The zero-order valence-electron chi connectivity index (χ0n) is 19.7. The Balaban J connectivity index is 1.31. The number of hydrogen-bond donors (Lipinski definition) is 2. The molecule has 3 amide bonds. The molecule has 1 aliphatic heterocycles. The van der Waals surface area contributed by atoms with Crippen LogP contribution in [-0.4, -0.2) is 41.6 Å². The van der Waals surface area contributed by atoms with E-state index < -0.39 is 11.7 Å². The number of piperidine rings is 1. The van der Waals surface area contributed by atoms with Gasteiger partial charge in [0.2, 0.25) is 0 Å². The Bertz CT molecular complexity index is 1180. The molecule has 1 aliphatic rings. The van der Waals surface area contributed by atoms with Crippen molar-refractivity contribution in [3.8, 4) is 11.3 Å². The van der Waals surface area contributed by atoms with E-state index in [-0.39, 0.29) is 39.6 Å². The average molecular weight is 499 g/mol. The lowest BCUT2D eigenvalue weighted by molar-refractivity contribution is 0.0937. The minimum atomic E-state index is -0.577. The molecule has 4 rings (SSSR count). The van der Waals surface area contributed by atoms with E-state index in [1.165, 1.54) is 23.8 Å². The summed E-state index contributed by atoms with van der Waals surface area (Å²) in [5.74, 6) is -0.469. The molecule has 0 bridgehead atoms. The fraction of sp³-hybridized carbons (Fsp3) is 0.346. The van der Waals surface area contributed by atoms with Gasteiger partial charge < -0.3 is 20.1 Å². The molecule has 7 nitrogen and oxygen atoms in total. The number of carbonyl (C=O) groups excluding carboxylic acids is 2. The predicted molar refractivity (Wildman–Crippen MR) is 133 cm³/mol. The Morgan fingerprint density at radius 2 is 1.89 bits per heavy atom. The maximum atomic E-state index is 14.4. The third kappa shape index (κ3) is 5.65. The fourth-order valence-corrected chi connectivity index (χ4v) is 4.48. The number of aromatic nitrogens is 1. The molecule has 1 saturated heterocycles. The van der Waals surface area contributed by atoms with Crippen LogP contribution in [0.4, 0.5) is 14.9 Å². The van der Waals surface area contributed by atoms with E-state index >= 15 is 0 Å². The van der Waals surface area contributed by atoms with Crippen molar-refractivity contribution in [2.45, 2.75) is 33.1 Å². The molecule has 0 atom stereocenters. The minimum absolute atomic E-state index is 0.0415. The second-order valence-electron chi connectivity index (χ2n) is 8.68. The maximum Gasteiger partial charge on any atom is 0.321 e. The largest absolute Gasteiger partial charge is 0.360 e. The van der Waals surface area contributed by atoms with Gasteiger partial charge in [-0.25, -0.2) is 9.18 Å². The smallest absolute Gasteiger partial charge is 0.321 e. The molecule has 0 unspecified atom stereocenters. The Labute approximate surface area is 208 Å². The molecule has 0 spiro atoms. The summed E-state index contributed by atoms with van der Waals surface area (Å²) in [6.45, 7) is 5.32. The summed E-state index contributed by atoms with van der Waals surface area (Å²) in [4.78, 5) is 27.3. The average Bonchev–Trinajstić information content (AvgIpc) is 3.24. The van der Waals surface area contributed by atoms with E-state index in [0.29, 0.717) is 19.6 Å². The van der Waals surface area contributed by atoms with Gasteiger partial charge in [0.1, 0.15) is 22.8 Å². The predicted octanol–water partition coefficient (Wildman–Crippen LogP) is 5.68. The monoisotopic (exact) mass is 498 g/mol.